The molecule has 2 heteroatoms. The molecule has 10 aromatic rings. The molecule has 0 saturated heterocycles. The van der Waals surface area contributed by atoms with Crippen molar-refractivity contribution in [2.24, 2.45) is 0 Å². The first-order valence-electron chi connectivity index (χ1n) is 18.4. The van der Waals surface area contributed by atoms with Crippen molar-refractivity contribution in [2.45, 2.75) is 0 Å². The van der Waals surface area contributed by atoms with E-state index in [1.807, 2.05) is 6.07 Å². The summed E-state index contributed by atoms with van der Waals surface area (Å²) in [5.41, 5.74) is 14.1. The Labute approximate surface area is 314 Å². The molecule has 0 aliphatic carbocycles. The second kappa shape index (κ2) is 13.4. The van der Waals surface area contributed by atoms with E-state index in [4.69, 9.17) is 4.42 Å². The Morgan fingerprint density at radius 3 is 1.57 bits per heavy atom. The summed E-state index contributed by atoms with van der Waals surface area (Å²) in [6, 6.07) is 75.8. The van der Waals surface area contributed by atoms with Crippen LogP contribution in [0.25, 0.3) is 77.2 Å². The molecular weight excluding hydrogens is 655 g/mol. The zero-order chi connectivity index (χ0) is 35.8. The van der Waals surface area contributed by atoms with Gasteiger partial charge >= 0.3 is 0 Å². The molecule has 0 aliphatic heterocycles. The van der Waals surface area contributed by atoms with E-state index in [1.165, 1.54) is 33.0 Å². The van der Waals surface area contributed by atoms with E-state index in [1.54, 1.807) is 0 Å². The third-order valence-corrected chi connectivity index (χ3v) is 10.5. The van der Waals surface area contributed by atoms with E-state index >= 15 is 0 Å². The van der Waals surface area contributed by atoms with Crippen molar-refractivity contribution in [1.29, 1.82) is 0 Å². The van der Waals surface area contributed by atoms with Gasteiger partial charge in [0.2, 0.25) is 0 Å². The van der Waals surface area contributed by atoms with E-state index in [2.05, 4.69) is 211 Å². The van der Waals surface area contributed by atoms with E-state index < -0.39 is 0 Å². The zero-order valence-corrected chi connectivity index (χ0v) is 29.6. The Hall–Kier alpha value is -7.16. The van der Waals surface area contributed by atoms with Crippen LogP contribution in [0.1, 0.15) is 0 Å². The monoisotopic (exact) mass is 689 g/mol. The fraction of sp³-hybridized carbons (Fsp3) is 0. The minimum absolute atomic E-state index is 0.851. The number of hydrogen-bond acceptors (Lipinski definition) is 2. The smallest absolute Gasteiger partial charge is 0.160 e. The number of para-hydroxylation sites is 1. The number of hydrogen-bond donors (Lipinski definition) is 0. The lowest BCUT2D eigenvalue weighted by Crippen LogP contribution is -2.12. The summed E-state index contributed by atoms with van der Waals surface area (Å²) < 4.78 is 6.88. The highest BCUT2D eigenvalue weighted by Crippen LogP contribution is 2.49. The van der Waals surface area contributed by atoms with Gasteiger partial charge < -0.3 is 9.32 Å². The number of furan rings is 1. The van der Waals surface area contributed by atoms with Crippen LogP contribution in [-0.2, 0) is 0 Å². The SMILES string of the molecule is c1ccc(-c2ccc(N(c3ccc(-c4cccc5ccccc45)cc3)c3c(-c4ccccc4)ccc4c3oc3ccccc34)cc2-c2ccccc2)cc1. The van der Waals surface area contributed by atoms with Crippen molar-refractivity contribution in [3.05, 3.63) is 212 Å². The van der Waals surface area contributed by atoms with Crippen molar-refractivity contribution in [3.63, 3.8) is 0 Å². The average molecular weight is 690 g/mol. The minimum Gasteiger partial charge on any atom is -0.454 e. The molecule has 0 fully saturated rings. The number of rotatable bonds is 7. The molecule has 0 atom stereocenters. The van der Waals surface area contributed by atoms with Crippen LogP contribution in [0.15, 0.2) is 217 Å². The van der Waals surface area contributed by atoms with Crippen molar-refractivity contribution >= 4 is 49.8 Å². The summed E-state index contributed by atoms with van der Waals surface area (Å²) in [7, 11) is 0. The summed E-state index contributed by atoms with van der Waals surface area (Å²) in [6.07, 6.45) is 0. The van der Waals surface area contributed by atoms with Gasteiger partial charge in [0.15, 0.2) is 5.58 Å². The average Bonchev–Trinajstić information content (AvgIpc) is 3.64. The Morgan fingerprint density at radius 1 is 0.315 bits per heavy atom. The van der Waals surface area contributed by atoms with Gasteiger partial charge in [-0.25, -0.2) is 0 Å². The normalized spacial score (nSPS) is 11.3. The molecule has 254 valence electrons. The molecule has 0 radical (unpaired) electrons. The van der Waals surface area contributed by atoms with E-state index in [0.29, 0.717) is 0 Å². The summed E-state index contributed by atoms with van der Waals surface area (Å²) in [4.78, 5) is 2.39. The third-order valence-electron chi connectivity index (χ3n) is 10.5. The van der Waals surface area contributed by atoms with Gasteiger partial charge in [-0.15, -0.1) is 0 Å². The number of nitrogens with zero attached hydrogens (tertiary/aromatic N) is 1. The lowest BCUT2D eigenvalue weighted by molar-refractivity contribution is 0.669. The topological polar surface area (TPSA) is 16.4 Å². The molecule has 0 amide bonds. The quantitative estimate of drug-likeness (QED) is 0.166. The van der Waals surface area contributed by atoms with Crippen LogP contribution in [0, 0.1) is 0 Å². The highest BCUT2D eigenvalue weighted by Gasteiger charge is 2.25. The molecule has 2 nitrogen and oxygen atoms in total. The predicted molar refractivity (Wildman–Crippen MR) is 228 cm³/mol. The fourth-order valence-corrected chi connectivity index (χ4v) is 7.92. The summed E-state index contributed by atoms with van der Waals surface area (Å²) >= 11 is 0. The number of anilines is 3. The van der Waals surface area contributed by atoms with Crippen LogP contribution in [0.4, 0.5) is 17.1 Å². The van der Waals surface area contributed by atoms with Crippen molar-refractivity contribution in [3.8, 4) is 44.5 Å². The van der Waals surface area contributed by atoms with Crippen LogP contribution < -0.4 is 4.90 Å². The van der Waals surface area contributed by atoms with Gasteiger partial charge in [0.1, 0.15) is 5.58 Å². The van der Waals surface area contributed by atoms with Crippen molar-refractivity contribution in [1.82, 2.24) is 0 Å². The lowest BCUT2D eigenvalue weighted by atomic mass is 9.93. The van der Waals surface area contributed by atoms with Crippen molar-refractivity contribution < 1.29 is 4.42 Å². The van der Waals surface area contributed by atoms with Gasteiger partial charge in [-0.2, -0.15) is 0 Å². The van der Waals surface area contributed by atoms with Gasteiger partial charge in [0.05, 0.1) is 5.69 Å². The molecule has 1 heterocycles. The maximum Gasteiger partial charge on any atom is 0.160 e. The number of benzene rings is 9. The van der Waals surface area contributed by atoms with Gasteiger partial charge in [0.25, 0.3) is 0 Å². The van der Waals surface area contributed by atoms with Crippen LogP contribution in [0.3, 0.4) is 0 Å². The van der Waals surface area contributed by atoms with Gasteiger partial charge in [0, 0.05) is 27.7 Å². The Kier molecular flexibility index (Phi) is 7.85. The highest BCUT2D eigenvalue weighted by molar-refractivity contribution is 6.14. The van der Waals surface area contributed by atoms with Gasteiger partial charge in [-0.1, -0.05) is 176 Å². The van der Waals surface area contributed by atoms with Gasteiger partial charge in [-0.3, -0.25) is 0 Å². The zero-order valence-electron chi connectivity index (χ0n) is 29.6. The summed E-state index contributed by atoms with van der Waals surface area (Å²) in [5.74, 6) is 0. The maximum atomic E-state index is 6.88. The first-order chi connectivity index (χ1) is 26.8. The highest BCUT2D eigenvalue weighted by atomic mass is 16.3. The van der Waals surface area contributed by atoms with Gasteiger partial charge in [-0.05, 0) is 86.1 Å². The predicted octanol–water partition coefficient (Wildman–Crippen LogP) is 14.9. The molecular formula is C52H35NO. The first-order valence-corrected chi connectivity index (χ1v) is 18.4. The van der Waals surface area contributed by atoms with Crippen LogP contribution in [0.5, 0.6) is 0 Å². The van der Waals surface area contributed by atoms with E-state index in [-0.39, 0.29) is 0 Å². The third kappa shape index (κ3) is 5.53. The summed E-state index contributed by atoms with van der Waals surface area (Å²) in [5, 5.41) is 4.66. The van der Waals surface area contributed by atoms with E-state index in [9.17, 15) is 0 Å². The minimum atomic E-state index is 0.851. The first kappa shape index (κ1) is 31.6. The maximum absolute atomic E-state index is 6.88. The second-order valence-electron chi connectivity index (χ2n) is 13.7. The molecule has 0 saturated carbocycles. The van der Waals surface area contributed by atoms with Crippen molar-refractivity contribution in [2.75, 3.05) is 4.90 Å². The molecule has 1 aromatic heterocycles. The van der Waals surface area contributed by atoms with Crippen LogP contribution in [0.2, 0.25) is 0 Å². The van der Waals surface area contributed by atoms with Crippen LogP contribution >= 0.6 is 0 Å². The molecule has 10 rings (SSSR count). The summed E-state index contributed by atoms with van der Waals surface area (Å²) in [6.45, 7) is 0. The molecule has 0 N–H and O–H groups in total. The molecule has 9 aromatic carbocycles. The molecule has 54 heavy (non-hydrogen) atoms. The molecule has 0 bridgehead atoms. The number of fused-ring (bicyclic) bond motifs is 4. The second-order valence-corrected chi connectivity index (χ2v) is 13.7. The van der Waals surface area contributed by atoms with Crippen LogP contribution in [-0.4, -0.2) is 0 Å². The Morgan fingerprint density at radius 2 is 0.852 bits per heavy atom. The molecule has 0 spiro atoms. The molecule has 0 unspecified atom stereocenters. The van der Waals surface area contributed by atoms with E-state index in [0.717, 1.165) is 61.3 Å². The lowest BCUT2D eigenvalue weighted by Gasteiger charge is -2.29. The standard InChI is InChI=1S/C52H35NO/c1-4-15-36(16-5-1)45-32-31-42(35-49(45)39-19-8-3-9-20-39)53(41-29-27-40(28-30-41)44-25-14-22-37-21-10-11-23-43(37)44)51-46(38-17-6-2-7-18-38)33-34-48-47-24-12-13-26-50(47)54-52(48)51/h1-35H. The molecule has 0 aliphatic rings. The Balaban J connectivity index is 1.26. The fourth-order valence-electron chi connectivity index (χ4n) is 7.92. The Bertz CT molecular complexity index is 2910. The largest absolute Gasteiger partial charge is 0.454 e.